The summed E-state index contributed by atoms with van der Waals surface area (Å²) >= 11 is 0. The Hall–Kier alpha value is -0.570. The number of aliphatic carboxylic acids is 1. The molecule has 2 bridgehead atoms. The van der Waals surface area contributed by atoms with E-state index in [9.17, 15) is 4.79 Å². The molecule has 3 atom stereocenters. The third-order valence-electron chi connectivity index (χ3n) is 2.63. The van der Waals surface area contributed by atoms with E-state index >= 15 is 0 Å². The molecule has 1 aliphatic heterocycles. The van der Waals surface area contributed by atoms with Gasteiger partial charge in [0.15, 0.2) is 0 Å². The predicted octanol–water partition coefficient (Wildman–Crippen LogP) is 0.211. The number of rotatable bonds is 1. The van der Waals surface area contributed by atoms with Crippen LogP contribution >= 0.6 is 0 Å². The summed E-state index contributed by atoms with van der Waals surface area (Å²) in [5.74, 6) is -0.255. The summed E-state index contributed by atoms with van der Waals surface area (Å²) in [6.07, 6.45) is 3.36. The van der Waals surface area contributed by atoms with Crippen molar-refractivity contribution >= 4 is 5.97 Å². The summed E-state index contributed by atoms with van der Waals surface area (Å²) in [5, 5.41) is 11.8. The van der Waals surface area contributed by atoms with Gasteiger partial charge < -0.3 is 10.4 Å². The molecular formula is C7H11NO2. The molecule has 2 fully saturated rings. The van der Waals surface area contributed by atoms with Gasteiger partial charge in [-0.25, -0.2) is 0 Å². The van der Waals surface area contributed by atoms with Gasteiger partial charge in [0.25, 0.3) is 0 Å². The molecule has 10 heavy (non-hydrogen) atoms. The molecule has 1 aliphatic carbocycles. The van der Waals surface area contributed by atoms with Crippen LogP contribution in [-0.4, -0.2) is 23.2 Å². The van der Waals surface area contributed by atoms with Crippen molar-refractivity contribution in [2.45, 2.75) is 31.3 Å². The van der Waals surface area contributed by atoms with Crippen LogP contribution in [0.1, 0.15) is 19.3 Å². The van der Waals surface area contributed by atoms with E-state index in [-0.39, 0.29) is 6.04 Å². The van der Waals surface area contributed by atoms with Gasteiger partial charge in [-0.2, -0.15) is 0 Å². The van der Waals surface area contributed by atoms with Gasteiger partial charge in [-0.3, -0.25) is 4.79 Å². The van der Waals surface area contributed by atoms with Crippen LogP contribution in [0, 0.1) is 5.92 Å². The molecule has 0 aromatic carbocycles. The highest BCUT2D eigenvalue weighted by Crippen LogP contribution is 2.34. The number of carbonyl (C=O) groups is 1. The molecule has 56 valence electrons. The molecule has 1 heterocycles. The van der Waals surface area contributed by atoms with Gasteiger partial charge in [-0.05, 0) is 25.2 Å². The standard InChI is InChI=1S/C7H11NO2/c9-7(10)6-4-1-2-5(3-4)8-6/h4-6,8H,1-3H2,(H,9,10)/t4-,5-,6-/m0/s1. The highest BCUT2D eigenvalue weighted by Gasteiger charge is 2.42. The predicted molar refractivity (Wildman–Crippen MR) is 35.7 cm³/mol. The third-order valence-corrected chi connectivity index (χ3v) is 2.63. The minimum absolute atomic E-state index is 0.237. The lowest BCUT2D eigenvalue weighted by Crippen LogP contribution is -2.41. The second kappa shape index (κ2) is 1.95. The van der Waals surface area contributed by atoms with Crippen LogP contribution in [0.5, 0.6) is 0 Å². The molecule has 0 spiro atoms. The van der Waals surface area contributed by atoms with Gasteiger partial charge in [0.1, 0.15) is 6.04 Å². The number of nitrogens with one attached hydrogen (secondary N) is 1. The normalized spacial score (nSPS) is 44.2. The quantitative estimate of drug-likeness (QED) is 0.549. The molecule has 0 amide bonds. The number of hydrogen-bond donors (Lipinski definition) is 2. The first-order valence-electron chi connectivity index (χ1n) is 3.76. The van der Waals surface area contributed by atoms with Crippen molar-refractivity contribution in [3.63, 3.8) is 0 Å². The summed E-state index contributed by atoms with van der Waals surface area (Å²) in [5.41, 5.74) is 0. The Morgan fingerprint density at radius 3 is 2.60 bits per heavy atom. The maximum Gasteiger partial charge on any atom is 0.320 e. The molecule has 2 aliphatic rings. The van der Waals surface area contributed by atoms with Crippen LogP contribution in [0.4, 0.5) is 0 Å². The van der Waals surface area contributed by atoms with Crippen molar-refractivity contribution in [2.24, 2.45) is 5.92 Å². The zero-order valence-corrected chi connectivity index (χ0v) is 5.71. The number of fused-ring (bicyclic) bond motifs is 2. The zero-order chi connectivity index (χ0) is 7.14. The number of carboxylic acids is 1. The monoisotopic (exact) mass is 141 g/mol. The summed E-state index contributed by atoms with van der Waals surface area (Å²) < 4.78 is 0. The smallest absolute Gasteiger partial charge is 0.320 e. The van der Waals surface area contributed by atoms with Crippen molar-refractivity contribution < 1.29 is 9.90 Å². The molecule has 3 nitrogen and oxygen atoms in total. The van der Waals surface area contributed by atoms with Crippen molar-refractivity contribution in [3.05, 3.63) is 0 Å². The molecule has 0 unspecified atom stereocenters. The molecule has 1 saturated carbocycles. The molecular weight excluding hydrogens is 130 g/mol. The molecule has 3 heteroatoms. The van der Waals surface area contributed by atoms with Crippen molar-refractivity contribution in [1.29, 1.82) is 0 Å². The highest BCUT2D eigenvalue weighted by atomic mass is 16.4. The van der Waals surface area contributed by atoms with E-state index in [0.29, 0.717) is 12.0 Å². The van der Waals surface area contributed by atoms with Gasteiger partial charge in [-0.1, -0.05) is 0 Å². The summed E-state index contributed by atoms with van der Waals surface area (Å²) in [6, 6.07) is 0.268. The van der Waals surface area contributed by atoms with Gasteiger partial charge in [0, 0.05) is 6.04 Å². The first kappa shape index (κ1) is 6.16. The van der Waals surface area contributed by atoms with Crippen LogP contribution in [0.2, 0.25) is 0 Å². The van der Waals surface area contributed by atoms with Gasteiger partial charge in [0.2, 0.25) is 0 Å². The second-order valence-corrected chi connectivity index (χ2v) is 3.25. The molecule has 0 aromatic rings. The maximum atomic E-state index is 10.5. The van der Waals surface area contributed by atoms with Crippen LogP contribution in [0.25, 0.3) is 0 Å². The van der Waals surface area contributed by atoms with E-state index in [1.807, 2.05) is 0 Å². The lowest BCUT2D eigenvalue weighted by molar-refractivity contribution is -0.140. The van der Waals surface area contributed by atoms with Gasteiger partial charge >= 0.3 is 5.97 Å². The fraction of sp³-hybridized carbons (Fsp3) is 0.857. The fourth-order valence-corrected chi connectivity index (χ4v) is 2.13. The first-order chi connectivity index (χ1) is 4.77. The molecule has 0 radical (unpaired) electrons. The fourth-order valence-electron chi connectivity index (χ4n) is 2.13. The van der Waals surface area contributed by atoms with Crippen molar-refractivity contribution in [3.8, 4) is 0 Å². The zero-order valence-electron chi connectivity index (χ0n) is 5.71. The van der Waals surface area contributed by atoms with Crippen molar-refractivity contribution in [2.75, 3.05) is 0 Å². The van der Waals surface area contributed by atoms with E-state index in [4.69, 9.17) is 5.11 Å². The number of carboxylic acid groups (broad SMARTS) is 1. The SMILES string of the molecule is O=C(O)[C@H]1N[C@H]2CC[C@H]1C2. The van der Waals surface area contributed by atoms with E-state index in [0.717, 1.165) is 12.8 Å². The van der Waals surface area contributed by atoms with Crippen LogP contribution < -0.4 is 5.32 Å². The Kier molecular flexibility index (Phi) is 1.20. The van der Waals surface area contributed by atoms with E-state index in [1.165, 1.54) is 6.42 Å². The Balaban J connectivity index is 2.08. The van der Waals surface area contributed by atoms with Crippen LogP contribution in [-0.2, 0) is 4.79 Å². The Morgan fingerprint density at radius 1 is 1.50 bits per heavy atom. The average Bonchev–Trinajstić information content (AvgIpc) is 2.44. The Bertz CT molecular complexity index is 169. The van der Waals surface area contributed by atoms with Crippen LogP contribution in [0.15, 0.2) is 0 Å². The number of piperidine rings is 1. The number of hydrogen-bond acceptors (Lipinski definition) is 2. The van der Waals surface area contributed by atoms with Crippen LogP contribution in [0.3, 0.4) is 0 Å². The minimum Gasteiger partial charge on any atom is -0.480 e. The molecule has 2 rings (SSSR count). The van der Waals surface area contributed by atoms with Crippen molar-refractivity contribution in [1.82, 2.24) is 5.32 Å². The Morgan fingerprint density at radius 2 is 2.30 bits per heavy atom. The summed E-state index contributed by atoms with van der Waals surface area (Å²) in [7, 11) is 0. The lowest BCUT2D eigenvalue weighted by atomic mass is 10.0. The lowest BCUT2D eigenvalue weighted by Gasteiger charge is -2.18. The Labute approximate surface area is 59.4 Å². The maximum absolute atomic E-state index is 10.5. The van der Waals surface area contributed by atoms with Gasteiger partial charge in [-0.15, -0.1) is 0 Å². The average molecular weight is 141 g/mol. The minimum atomic E-state index is -0.674. The van der Waals surface area contributed by atoms with Gasteiger partial charge in [0.05, 0.1) is 0 Å². The highest BCUT2D eigenvalue weighted by molar-refractivity contribution is 5.74. The third kappa shape index (κ3) is 0.736. The molecule has 1 saturated heterocycles. The summed E-state index contributed by atoms with van der Waals surface area (Å²) in [4.78, 5) is 10.5. The van der Waals surface area contributed by atoms with E-state index < -0.39 is 5.97 Å². The summed E-state index contributed by atoms with van der Waals surface area (Å²) in [6.45, 7) is 0. The first-order valence-corrected chi connectivity index (χ1v) is 3.76. The van der Waals surface area contributed by atoms with E-state index in [1.54, 1.807) is 0 Å². The molecule has 2 N–H and O–H groups in total. The largest absolute Gasteiger partial charge is 0.480 e. The second-order valence-electron chi connectivity index (χ2n) is 3.25. The molecule has 0 aromatic heterocycles. The topological polar surface area (TPSA) is 49.3 Å². The van der Waals surface area contributed by atoms with E-state index in [2.05, 4.69) is 5.32 Å².